The molecule has 9 heteroatoms. The van der Waals surface area contributed by atoms with Gasteiger partial charge < -0.3 is 15.4 Å². The van der Waals surface area contributed by atoms with Crippen molar-refractivity contribution in [1.29, 1.82) is 0 Å². The van der Waals surface area contributed by atoms with E-state index in [0.717, 1.165) is 17.7 Å². The third kappa shape index (κ3) is 5.77. The molecule has 2 N–H and O–H groups in total. The lowest BCUT2D eigenvalue weighted by atomic mass is 10.1. The van der Waals surface area contributed by atoms with Crippen LogP contribution in [0.25, 0.3) is 0 Å². The molecule has 0 saturated carbocycles. The zero-order valence-electron chi connectivity index (χ0n) is 17.0. The fraction of sp³-hybridized carbons (Fsp3) is 0.217. The van der Waals surface area contributed by atoms with Crippen LogP contribution >= 0.6 is 23.4 Å². The molecule has 32 heavy (non-hydrogen) atoms. The van der Waals surface area contributed by atoms with Gasteiger partial charge in [0.15, 0.2) is 0 Å². The van der Waals surface area contributed by atoms with Crippen LogP contribution in [-0.2, 0) is 4.79 Å². The van der Waals surface area contributed by atoms with Crippen molar-refractivity contribution >= 4 is 35.2 Å². The smallest absolute Gasteiger partial charge is 0.289 e. The first-order valence-corrected chi connectivity index (χ1v) is 11.5. The second-order valence-corrected chi connectivity index (χ2v) is 8.80. The highest BCUT2D eigenvalue weighted by Gasteiger charge is 2.27. The molecule has 1 aromatic heterocycles. The number of carbonyl (C=O) groups excluding carboxylic acids is 2. The monoisotopic (exact) mass is 468 g/mol. The maximum absolute atomic E-state index is 12.8. The molecule has 0 aliphatic carbocycles. The Kier molecular flexibility index (Phi) is 7.24. The van der Waals surface area contributed by atoms with Gasteiger partial charge in [-0.15, -0.1) is 11.8 Å². The number of thioether (sulfide) groups is 1. The van der Waals surface area contributed by atoms with Crippen LogP contribution in [0.5, 0.6) is 11.5 Å². The normalized spacial score (nSPS) is 18.3. The maximum atomic E-state index is 12.8. The highest BCUT2D eigenvalue weighted by molar-refractivity contribution is 8.00. The molecule has 0 bridgehead atoms. The predicted octanol–water partition coefficient (Wildman–Crippen LogP) is 4.02. The summed E-state index contributed by atoms with van der Waals surface area (Å²) in [7, 11) is 0. The predicted molar refractivity (Wildman–Crippen MR) is 124 cm³/mol. The van der Waals surface area contributed by atoms with Gasteiger partial charge in [0, 0.05) is 30.0 Å². The van der Waals surface area contributed by atoms with E-state index in [1.807, 2.05) is 24.3 Å². The van der Waals surface area contributed by atoms with Gasteiger partial charge in [-0.2, -0.15) is 0 Å². The number of nitrogens with zero attached hydrogens (tertiary/aromatic N) is 2. The minimum atomic E-state index is -0.357. The number of amides is 2. The SMILES string of the molecule is O=C(NC[C@@H]1CCS[C@H](c2ccc(Oc3ccc(Cl)cc3)cc2)C(=O)N1)c1ncccn1. The van der Waals surface area contributed by atoms with Crippen LogP contribution in [0.1, 0.15) is 27.9 Å². The van der Waals surface area contributed by atoms with Crippen molar-refractivity contribution < 1.29 is 14.3 Å². The molecule has 0 unspecified atom stereocenters. The Morgan fingerprint density at radius 1 is 1.09 bits per heavy atom. The van der Waals surface area contributed by atoms with Crippen molar-refractivity contribution in [2.75, 3.05) is 12.3 Å². The lowest BCUT2D eigenvalue weighted by Gasteiger charge is -2.18. The molecule has 4 rings (SSSR count). The first-order valence-electron chi connectivity index (χ1n) is 10.1. The maximum Gasteiger partial charge on any atom is 0.289 e. The summed E-state index contributed by atoms with van der Waals surface area (Å²) in [6.45, 7) is 0.323. The van der Waals surface area contributed by atoms with Gasteiger partial charge in [-0.3, -0.25) is 9.59 Å². The van der Waals surface area contributed by atoms with Gasteiger partial charge in [0.25, 0.3) is 5.91 Å². The number of hydrogen-bond donors (Lipinski definition) is 2. The third-order valence-corrected chi connectivity index (χ3v) is 6.39. The van der Waals surface area contributed by atoms with E-state index in [9.17, 15) is 9.59 Å². The van der Waals surface area contributed by atoms with E-state index in [-0.39, 0.29) is 28.9 Å². The molecule has 2 aromatic carbocycles. The Labute approximate surface area is 194 Å². The van der Waals surface area contributed by atoms with Crippen LogP contribution in [0.15, 0.2) is 67.0 Å². The molecule has 0 spiro atoms. The Morgan fingerprint density at radius 3 is 2.44 bits per heavy atom. The van der Waals surface area contributed by atoms with Gasteiger partial charge in [-0.05, 0) is 60.2 Å². The van der Waals surface area contributed by atoms with E-state index in [2.05, 4.69) is 20.6 Å². The first-order chi connectivity index (χ1) is 15.6. The van der Waals surface area contributed by atoms with Crippen molar-refractivity contribution in [3.63, 3.8) is 0 Å². The number of hydrogen-bond acceptors (Lipinski definition) is 6. The lowest BCUT2D eigenvalue weighted by Crippen LogP contribution is -2.44. The Balaban J connectivity index is 1.33. The lowest BCUT2D eigenvalue weighted by molar-refractivity contribution is -0.121. The Bertz CT molecular complexity index is 1060. The highest BCUT2D eigenvalue weighted by atomic mass is 35.5. The molecule has 1 aliphatic heterocycles. The molecular weight excluding hydrogens is 448 g/mol. The summed E-state index contributed by atoms with van der Waals surface area (Å²) in [5.41, 5.74) is 0.901. The van der Waals surface area contributed by atoms with E-state index in [1.165, 1.54) is 12.4 Å². The number of carbonyl (C=O) groups is 2. The Hall–Kier alpha value is -3.10. The van der Waals surface area contributed by atoms with E-state index in [4.69, 9.17) is 16.3 Å². The standard InChI is InChI=1S/C23H21ClN4O3S/c24-16-4-8-19(9-5-16)31-18-6-2-15(3-7-18)20-22(29)28-17(10-13-32-20)14-27-23(30)21-25-11-1-12-26-21/h1-9,11-12,17,20H,10,13-14H2,(H,27,30)(H,28,29)/t17-,20+/m0/s1. The molecule has 1 fully saturated rings. The minimum absolute atomic E-state index is 0.0749. The number of aromatic nitrogens is 2. The number of benzene rings is 2. The van der Waals surface area contributed by atoms with Gasteiger partial charge in [-0.1, -0.05) is 23.7 Å². The van der Waals surface area contributed by atoms with Crippen LogP contribution in [-0.4, -0.2) is 40.1 Å². The average Bonchev–Trinajstić information content (AvgIpc) is 3.01. The molecule has 164 valence electrons. The van der Waals surface area contributed by atoms with E-state index in [1.54, 1.807) is 42.1 Å². The van der Waals surface area contributed by atoms with Crippen molar-refractivity contribution in [3.05, 3.63) is 83.4 Å². The Morgan fingerprint density at radius 2 is 1.75 bits per heavy atom. The van der Waals surface area contributed by atoms with Gasteiger partial charge in [0.1, 0.15) is 16.7 Å². The molecule has 2 heterocycles. The van der Waals surface area contributed by atoms with Gasteiger partial charge in [-0.25, -0.2) is 9.97 Å². The minimum Gasteiger partial charge on any atom is -0.457 e. The molecular formula is C23H21ClN4O3S. The van der Waals surface area contributed by atoms with Crippen LogP contribution in [0.3, 0.4) is 0 Å². The summed E-state index contributed by atoms with van der Waals surface area (Å²) in [5.74, 6) is 1.84. The second-order valence-electron chi connectivity index (χ2n) is 7.15. The van der Waals surface area contributed by atoms with Gasteiger partial charge >= 0.3 is 0 Å². The van der Waals surface area contributed by atoms with E-state index < -0.39 is 0 Å². The topological polar surface area (TPSA) is 93.2 Å². The largest absolute Gasteiger partial charge is 0.457 e. The van der Waals surface area contributed by atoms with Crippen LogP contribution < -0.4 is 15.4 Å². The van der Waals surface area contributed by atoms with Crippen molar-refractivity contribution in [2.45, 2.75) is 17.7 Å². The van der Waals surface area contributed by atoms with Gasteiger partial charge in [0.2, 0.25) is 11.7 Å². The molecule has 1 aliphatic rings. The van der Waals surface area contributed by atoms with Gasteiger partial charge in [0.05, 0.1) is 0 Å². The molecule has 7 nitrogen and oxygen atoms in total. The summed E-state index contributed by atoms with van der Waals surface area (Å²) in [6, 6.07) is 16.1. The second kappa shape index (κ2) is 10.5. The van der Waals surface area contributed by atoms with Crippen molar-refractivity contribution in [1.82, 2.24) is 20.6 Å². The summed E-state index contributed by atoms with van der Waals surface area (Å²) in [4.78, 5) is 32.9. The summed E-state index contributed by atoms with van der Waals surface area (Å²) >= 11 is 7.49. The summed E-state index contributed by atoms with van der Waals surface area (Å²) in [5, 5.41) is 6.15. The molecule has 0 radical (unpaired) electrons. The van der Waals surface area contributed by atoms with E-state index >= 15 is 0 Å². The van der Waals surface area contributed by atoms with Crippen LogP contribution in [0, 0.1) is 0 Å². The zero-order valence-corrected chi connectivity index (χ0v) is 18.6. The summed E-state index contributed by atoms with van der Waals surface area (Å²) in [6.07, 6.45) is 3.78. The molecule has 2 atom stereocenters. The average molecular weight is 469 g/mol. The number of nitrogens with one attached hydrogen (secondary N) is 2. The first kappa shape index (κ1) is 22.1. The van der Waals surface area contributed by atoms with Crippen molar-refractivity contribution in [3.8, 4) is 11.5 Å². The van der Waals surface area contributed by atoms with Crippen molar-refractivity contribution in [2.24, 2.45) is 0 Å². The quantitative estimate of drug-likeness (QED) is 0.567. The summed E-state index contributed by atoms with van der Waals surface area (Å²) < 4.78 is 5.82. The number of ether oxygens (including phenoxy) is 1. The number of rotatable bonds is 6. The third-order valence-electron chi connectivity index (χ3n) is 4.85. The molecule has 3 aromatic rings. The van der Waals surface area contributed by atoms with Crippen LogP contribution in [0.2, 0.25) is 5.02 Å². The van der Waals surface area contributed by atoms with Crippen LogP contribution in [0.4, 0.5) is 0 Å². The van der Waals surface area contributed by atoms with E-state index in [0.29, 0.717) is 23.1 Å². The fourth-order valence-corrected chi connectivity index (χ4v) is 4.57. The molecule has 2 amide bonds. The molecule has 1 saturated heterocycles. The highest BCUT2D eigenvalue weighted by Crippen LogP contribution is 2.33. The fourth-order valence-electron chi connectivity index (χ4n) is 3.21. The zero-order chi connectivity index (χ0) is 22.3. The number of halogens is 1.